The lowest BCUT2D eigenvalue weighted by molar-refractivity contribution is -0.130. The van der Waals surface area contributed by atoms with Gasteiger partial charge in [0.2, 0.25) is 17.8 Å². The standard InChI is InChI=1S/C26H30ClN7O2/c1-16(35)33-11-9-19(10-12-33)34-15-18(13-29-34)30-25-28-14-20(27)21(32-25)8-7-17-5-4-6-22-23(17)26(2,3)24(36)31-22/h4-6,13-15,19H,7-12H2,1-3H3,(H,31,36)(H,28,30,32). The van der Waals surface area contributed by atoms with Crippen LogP contribution in [0.4, 0.5) is 17.3 Å². The molecule has 0 aliphatic carbocycles. The Labute approximate surface area is 215 Å². The summed E-state index contributed by atoms with van der Waals surface area (Å²) in [5.41, 5.74) is 3.99. The second-order valence-electron chi connectivity index (χ2n) is 9.98. The highest BCUT2D eigenvalue weighted by Crippen LogP contribution is 2.40. The molecule has 0 bridgehead atoms. The molecule has 0 spiro atoms. The van der Waals surface area contributed by atoms with E-state index in [1.807, 2.05) is 41.8 Å². The molecule has 0 unspecified atom stereocenters. The number of halogens is 1. The number of amides is 2. The Kier molecular flexibility index (Phi) is 6.42. The van der Waals surface area contributed by atoms with Crippen molar-refractivity contribution in [2.45, 2.75) is 57.9 Å². The van der Waals surface area contributed by atoms with Gasteiger partial charge in [-0.3, -0.25) is 14.3 Å². The van der Waals surface area contributed by atoms with Crippen molar-refractivity contribution in [2.75, 3.05) is 23.7 Å². The number of carbonyl (C=O) groups is 2. The molecule has 0 saturated carbocycles. The van der Waals surface area contributed by atoms with Crippen LogP contribution in [0.2, 0.25) is 5.02 Å². The molecule has 2 aliphatic rings. The summed E-state index contributed by atoms with van der Waals surface area (Å²) >= 11 is 6.44. The van der Waals surface area contributed by atoms with E-state index in [-0.39, 0.29) is 17.9 Å². The molecule has 2 aliphatic heterocycles. The summed E-state index contributed by atoms with van der Waals surface area (Å²) in [5, 5.41) is 11.2. The number of aryl methyl sites for hydroxylation is 2. The van der Waals surface area contributed by atoms with Gasteiger partial charge in [-0.2, -0.15) is 5.10 Å². The van der Waals surface area contributed by atoms with Crippen molar-refractivity contribution in [3.8, 4) is 0 Å². The lowest BCUT2D eigenvalue weighted by Crippen LogP contribution is -2.37. The van der Waals surface area contributed by atoms with Crippen molar-refractivity contribution in [1.82, 2.24) is 24.6 Å². The van der Waals surface area contributed by atoms with E-state index in [1.54, 1.807) is 19.3 Å². The first-order valence-electron chi connectivity index (χ1n) is 12.2. The number of nitrogens with zero attached hydrogens (tertiary/aromatic N) is 5. The first-order chi connectivity index (χ1) is 17.2. The van der Waals surface area contributed by atoms with E-state index < -0.39 is 5.41 Å². The molecule has 2 aromatic heterocycles. The first-order valence-corrected chi connectivity index (χ1v) is 12.6. The van der Waals surface area contributed by atoms with Gasteiger partial charge in [-0.05, 0) is 56.7 Å². The summed E-state index contributed by atoms with van der Waals surface area (Å²) in [4.78, 5) is 34.9. The number of fused-ring (bicyclic) bond motifs is 1. The van der Waals surface area contributed by atoms with Gasteiger partial charge in [0.15, 0.2) is 0 Å². The molecule has 0 radical (unpaired) electrons. The van der Waals surface area contributed by atoms with Crippen LogP contribution >= 0.6 is 11.6 Å². The molecule has 5 rings (SSSR count). The summed E-state index contributed by atoms with van der Waals surface area (Å²) in [6, 6.07) is 6.23. The third-order valence-electron chi connectivity index (χ3n) is 7.18. The number of rotatable bonds is 6. The largest absolute Gasteiger partial charge is 0.343 e. The highest BCUT2D eigenvalue weighted by atomic mass is 35.5. The SMILES string of the molecule is CC(=O)N1CCC(n2cc(Nc3ncc(Cl)c(CCc4cccc5c4C(C)(C)C(=O)N5)n3)cn2)CC1. The lowest BCUT2D eigenvalue weighted by atomic mass is 9.82. The zero-order valence-electron chi connectivity index (χ0n) is 20.7. The Morgan fingerprint density at radius 3 is 2.75 bits per heavy atom. The Morgan fingerprint density at radius 2 is 2.00 bits per heavy atom. The van der Waals surface area contributed by atoms with E-state index in [9.17, 15) is 9.59 Å². The van der Waals surface area contributed by atoms with Crippen LogP contribution in [-0.4, -0.2) is 49.6 Å². The van der Waals surface area contributed by atoms with Crippen LogP contribution in [-0.2, 0) is 27.8 Å². The smallest absolute Gasteiger partial charge is 0.234 e. The number of hydrogen-bond donors (Lipinski definition) is 2. The second kappa shape index (κ2) is 9.54. The molecule has 10 heteroatoms. The number of likely N-dealkylation sites (tertiary alicyclic amines) is 1. The maximum atomic E-state index is 12.4. The third kappa shape index (κ3) is 4.67. The van der Waals surface area contributed by atoms with Crippen LogP contribution in [0.15, 0.2) is 36.8 Å². The van der Waals surface area contributed by atoms with Crippen molar-refractivity contribution in [3.05, 3.63) is 58.6 Å². The fourth-order valence-electron chi connectivity index (χ4n) is 5.11. The van der Waals surface area contributed by atoms with Crippen molar-refractivity contribution in [3.63, 3.8) is 0 Å². The van der Waals surface area contributed by atoms with Gasteiger partial charge in [-0.25, -0.2) is 9.97 Å². The predicted octanol–water partition coefficient (Wildman–Crippen LogP) is 4.27. The molecule has 2 N–H and O–H groups in total. The molecule has 4 heterocycles. The van der Waals surface area contributed by atoms with Crippen molar-refractivity contribution in [2.24, 2.45) is 0 Å². The quantitative estimate of drug-likeness (QED) is 0.516. The monoisotopic (exact) mass is 507 g/mol. The third-order valence-corrected chi connectivity index (χ3v) is 7.50. The minimum Gasteiger partial charge on any atom is -0.343 e. The number of benzene rings is 1. The van der Waals surface area contributed by atoms with E-state index in [0.717, 1.165) is 54.1 Å². The van der Waals surface area contributed by atoms with Gasteiger partial charge in [0.1, 0.15) is 0 Å². The van der Waals surface area contributed by atoms with Crippen molar-refractivity contribution < 1.29 is 9.59 Å². The molecule has 3 aromatic rings. The average molecular weight is 508 g/mol. The summed E-state index contributed by atoms with van der Waals surface area (Å²) in [7, 11) is 0. The number of carbonyl (C=O) groups excluding carboxylic acids is 2. The van der Waals surface area contributed by atoms with Gasteiger partial charge in [-0.15, -0.1) is 0 Å². The maximum Gasteiger partial charge on any atom is 0.234 e. The predicted molar refractivity (Wildman–Crippen MR) is 139 cm³/mol. The number of anilines is 3. The summed E-state index contributed by atoms with van der Waals surface area (Å²) in [6.45, 7) is 7.01. The van der Waals surface area contributed by atoms with E-state index >= 15 is 0 Å². The van der Waals surface area contributed by atoms with E-state index in [0.29, 0.717) is 23.8 Å². The number of nitrogens with one attached hydrogen (secondary N) is 2. The Bertz CT molecular complexity index is 1310. The fourth-order valence-corrected chi connectivity index (χ4v) is 5.30. The van der Waals surface area contributed by atoms with Crippen molar-refractivity contribution >= 4 is 40.7 Å². The van der Waals surface area contributed by atoms with Gasteiger partial charge in [-0.1, -0.05) is 23.7 Å². The Morgan fingerprint density at radius 1 is 1.22 bits per heavy atom. The van der Waals surface area contributed by atoms with Crippen LogP contribution in [0.5, 0.6) is 0 Å². The zero-order valence-corrected chi connectivity index (χ0v) is 21.5. The molecule has 0 atom stereocenters. The molecule has 2 amide bonds. The van der Waals surface area contributed by atoms with Crippen LogP contribution in [0.3, 0.4) is 0 Å². The lowest BCUT2D eigenvalue weighted by Gasteiger charge is -2.31. The molecule has 36 heavy (non-hydrogen) atoms. The molecular weight excluding hydrogens is 478 g/mol. The molecule has 1 saturated heterocycles. The Hall–Kier alpha value is -3.46. The topological polar surface area (TPSA) is 105 Å². The van der Waals surface area contributed by atoms with Crippen LogP contribution < -0.4 is 10.6 Å². The first kappa shape index (κ1) is 24.2. The molecule has 188 valence electrons. The minimum atomic E-state index is -0.572. The molecule has 1 aromatic carbocycles. The van der Waals surface area contributed by atoms with Gasteiger partial charge in [0, 0.05) is 31.9 Å². The minimum absolute atomic E-state index is 0.0152. The van der Waals surface area contributed by atoms with Crippen LogP contribution in [0.25, 0.3) is 0 Å². The van der Waals surface area contributed by atoms with E-state index in [1.165, 1.54) is 0 Å². The summed E-state index contributed by atoms with van der Waals surface area (Å²) < 4.78 is 1.95. The van der Waals surface area contributed by atoms with Gasteiger partial charge >= 0.3 is 0 Å². The zero-order chi connectivity index (χ0) is 25.4. The van der Waals surface area contributed by atoms with Gasteiger partial charge in [0.25, 0.3) is 0 Å². The number of piperidine rings is 1. The fraction of sp³-hybridized carbons (Fsp3) is 0.423. The van der Waals surface area contributed by atoms with Crippen LogP contribution in [0.1, 0.15) is 56.5 Å². The normalized spacial score (nSPS) is 17.1. The van der Waals surface area contributed by atoms with Crippen molar-refractivity contribution in [1.29, 1.82) is 0 Å². The number of aromatic nitrogens is 4. The Balaban J connectivity index is 1.26. The second-order valence-corrected chi connectivity index (χ2v) is 10.4. The summed E-state index contributed by atoms with van der Waals surface area (Å²) in [6.07, 6.45) is 8.39. The highest BCUT2D eigenvalue weighted by Gasteiger charge is 2.39. The van der Waals surface area contributed by atoms with E-state index in [4.69, 9.17) is 11.6 Å². The maximum absolute atomic E-state index is 12.4. The van der Waals surface area contributed by atoms with Crippen LogP contribution in [0, 0.1) is 0 Å². The van der Waals surface area contributed by atoms with Gasteiger partial charge < -0.3 is 15.5 Å². The molecule has 9 nitrogen and oxygen atoms in total. The summed E-state index contributed by atoms with van der Waals surface area (Å²) in [5.74, 6) is 0.592. The number of hydrogen-bond acceptors (Lipinski definition) is 6. The molecular formula is C26H30ClN7O2. The van der Waals surface area contributed by atoms with Gasteiger partial charge in [0.05, 0.1) is 40.3 Å². The highest BCUT2D eigenvalue weighted by molar-refractivity contribution is 6.31. The average Bonchev–Trinajstić information content (AvgIpc) is 3.41. The molecule has 1 fully saturated rings. The van der Waals surface area contributed by atoms with E-state index in [2.05, 4.69) is 31.8 Å².